The van der Waals surface area contributed by atoms with Gasteiger partial charge in [-0.3, -0.25) is 0 Å². The monoisotopic (exact) mass is 296 g/mol. The SMILES string of the molecule is C=CCOc1ccc(C(O)c2ccc(OCC=C)cc2)cc1. The van der Waals surface area contributed by atoms with Crippen LogP contribution in [0.1, 0.15) is 17.2 Å². The summed E-state index contributed by atoms with van der Waals surface area (Å²) in [6, 6.07) is 14.8. The van der Waals surface area contributed by atoms with Crippen LogP contribution >= 0.6 is 0 Å². The topological polar surface area (TPSA) is 38.7 Å². The van der Waals surface area contributed by atoms with E-state index in [0.717, 1.165) is 22.6 Å². The van der Waals surface area contributed by atoms with Gasteiger partial charge in [-0.2, -0.15) is 0 Å². The lowest BCUT2D eigenvalue weighted by molar-refractivity contribution is 0.220. The highest BCUT2D eigenvalue weighted by Gasteiger charge is 2.10. The van der Waals surface area contributed by atoms with E-state index in [9.17, 15) is 5.11 Å². The van der Waals surface area contributed by atoms with E-state index in [1.807, 2.05) is 48.5 Å². The average molecular weight is 296 g/mol. The van der Waals surface area contributed by atoms with Gasteiger partial charge < -0.3 is 14.6 Å². The van der Waals surface area contributed by atoms with E-state index < -0.39 is 6.10 Å². The molecule has 0 amide bonds. The zero-order valence-electron chi connectivity index (χ0n) is 12.4. The van der Waals surface area contributed by atoms with Gasteiger partial charge >= 0.3 is 0 Å². The zero-order valence-corrected chi connectivity index (χ0v) is 12.4. The van der Waals surface area contributed by atoms with Gasteiger partial charge in [0.25, 0.3) is 0 Å². The van der Waals surface area contributed by atoms with Crippen molar-refractivity contribution in [3.8, 4) is 11.5 Å². The van der Waals surface area contributed by atoms with E-state index in [1.165, 1.54) is 0 Å². The molecule has 3 nitrogen and oxygen atoms in total. The fourth-order valence-corrected chi connectivity index (χ4v) is 2.00. The van der Waals surface area contributed by atoms with Crippen molar-refractivity contribution in [3.63, 3.8) is 0 Å². The van der Waals surface area contributed by atoms with Crippen molar-refractivity contribution in [2.24, 2.45) is 0 Å². The van der Waals surface area contributed by atoms with Crippen LogP contribution in [-0.4, -0.2) is 18.3 Å². The lowest BCUT2D eigenvalue weighted by Gasteiger charge is -2.13. The van der Waals surface area contributed by atoms with Crippen molar-refractivity contribution in [1.82, 2.24) is 0 Å². The van der Waals surface area contributed by atoms with Crippen LogP contribution in [0, 0.1) is 0 Å². The van der Waals surface area contributed by atoms with Crippen molar-refractivity contribution < 1.29 is 14.6 Å². The number of rotatable bonds is 8. The maximum absolute atomic E-state index is 10.4. The molecule has 0 radical (unpaired) electrons. The van der Waals surface area contributed by atoms with Gasteiger partial charge in [0.15, 0.2) is 0 Å². The highest BCUT2D eigenvalue weighted by atomic mass is 16.5. The molecule has 0 heterocycles. The third-order valence-corrected chi connectivity index (χ3v) is 3.13. The second kappa shape index (κ2) is 8.05. The Bertz CT molecular complexity index is 544. The molecule has 0 saturated carbocycles. The smallest absolute Gasteiger partial charge is 0.119 e. The van der Waals surface area contributed by atoms with Crippen molar-refractivity contribution >= 4 is 0 Å². The third-order valence-electron chi connectivity index (χ3n) is 3.13. The summed E-state index contributed by atoms with van der Waals surface area (Å²) in [6.45, 7) is 8.15. The summed E-state index contributed by atoms with van der Waals surface area (Å²) in [7, 11) is 0. The first-order chi connectivity index (χ1) is 10.7. The highest BCUT2D eigenvalue weighted by Crippen LogP contribution is 2.25. The van der Waals surface area contributed by atoms with E-state index in [0.29, 0.717) is 13.2 Å². The normalized spacial score (nSPS) is 10.3. The average Bonchev–Trinajstić information content (AvgIpc) is 2.58. The number of aliphatic hydroxyl groups excluding tert-OH is 1. The molecule has 0 saturated heterocycles. The summed E-state index contributed by atoms with van der Waals surface area (Å²) >= 11 is 0. The van der Waals surface area contributed by atoms with Crippen molar-refractivity contribution in [3.05, 3.63) is 85.0 Å². The molecule has 0 unspecified atom stereocenters. The fourth-order valence-electron chi connectivity index (χ4n) is 2.00. The number of benzene rings is 2. The van der Waals surface area contributed by atoms with Gasteiger partial charge in [-0.05, 0) is 35.4 Å². The van der Waals surface area contributed by atoms with Gasteiger partial charge in [0.1, 0.15) is 30.8 Å². The Morgan fingerprint density at radius 1 is 0.773 bits per heavy atom. The molecule has 3 heteroatoms. The summed E-state index contributed by atoms with van der Waals surface area (Å²) in [5, 5.41) is 10.4. The molecule has 22 heavy (non-hydrogen) atoms. The van der Waals surface area contributed by atoms with Crippen LogP contribution in [0.2, 0.25) is 0 Å². The second-order valence-electron chi connectivity index (χ2n) is 4.74. The van der Waals surface area contributed by atoms with Gasteiger partial charge in [-0.25, -0.2) is 0 Å². The van der Waals surface area contributed by atoms with Crippen LogP contribution in [0.4, 0.5) is 0 Å². The molecule has 0 fully saturated rings. The largest absolute Gasteiger partial charge is 0.490 e. The zero-order chi connectivity index (χ0) is 15.8. The number of aliphatic hydroxyl groups is 1. The van der Waals surface area contributed by atoms with E-state index in [-0.39, 0.29) is 0 Å². The fraction of sp³-hybridized carbons (Fsp3) is 0.158. The molecule has 2 rings (SSSR count). The molecule has 0 aliphatic heterocycles. The molecule has 0 aromatic heterocycles. The second-order valence-corrected chi connectivity index (χ2v) is 4.74. The van der Waals surface area contributed by atoms with E-state index in [4.69, 9.17) is 9.47 Å². The van der Waals surface area contributed by atoms with Gasteiger partial charge in [0, 0.05) is 0 Å². The van der Waals surface area contributed by atoms with Crippen LogP contribution in [0.15, 0.2) is 73.8 Å². The third kappa shape index (κ3) is 4.24. The first kappa shape index (κ1) is 15.9. The van der Waals surface area contributed by atoms with Gasteiger partial charge in [-0.1, -0.05) is 49.6 Å². The van der Waals surface area contributed by atoms with Crippen LogP contribution in [0.5, 0.6) is 11.5 Å². The van der Waals surface area contributed by atoms with Crippen molar-refractivity contribution in [2.75, 3.05) is 13.2 Å². The molecule has 0 bridgehead atoms. The Hall–Kier alpha value is -2.52. The van der Waals surface area contributed by atoms with Crippen LogP contribution in [0.25, 0.3) is 0 Å². The lowest BCUT2D eigenvalue weighted by atomic mass is 10.0. The molecule has 0 spiro atoms. The highest BCUT2D eigenvalue weighted by molar-refractivity contribution is 5.36. The summed E-state index contributed by atoms with van der Waals surface area (Å²) in [5.41, 5.74) is 1.62. The quantitative estimate of drug-likeness (QED) is 0.751. The van der Waals surface area contributed by atoms with E-state index >= 15 is 0 Å². The number of hydrogen-bond donors (Lipinski definition) is 1. The molecule has 114 valence electrons. The minimum atomic E-state index is -0.679. The molecule has 0 aliphatic rings. The molecular weight excluding hydrogens is 276 g/mol. The predicted octanol–water partition coefficient (Wildman–Crippen LogP) is 3.90. The minimum absolute atomic E-state index is 0.466. The maximum atomic E-state index is 10.4. The lowest BCUT2D eigenvalue weighted by Crippen LogP contribution is -2.00. The van der Waals surface area contributed by atoms with Gasteiger partial charge in [0.2, 0.25) is 0 Å². The first-order valence-electron chi connectivity index (χ1n) is 7.10. The number of hydrogen-bond acceptors (Lipinski definition) is 3. The van der Waals surface area contributed by atoms with Crippen LogP contribution in [0.3, 0.4) is 0 Å². The minimum Gasteiger partial charge on any atom is -0.490 e. The molecular formula is C19H20O3. The summed E-state index contributed by atoms with van der Waals surface area (Å²) < 4.78 is 10.8. The summed E-state index contributed by atoms with van der Waals surface area (Å²) in [4.78, 5) is 0. The molecule has 2 aromatic carbocycles. The number of ether oxygens (including phenoxy) is 2. The maximum Gasteiger partial charge on any atom is 0.119 e. The molecule has 1 N–H and O–H groups in total. The van der Waals surface area contributed by atoms with Crippen molar-refractivity contribution in [1.29, 1.82) is 0 Å². The molecule has 0 atom stereocenters. The van der Waals surface area contributed by atoms with Gasteiger partial charge in [-0.15, -0.1) is 0 Å². The van der Waals surface area contributed by atoms with E-state index in [2.05, 4.69) is 13.2 Å². The standard InChI is InChI=1S/C19H20O3/c1-3-13-21-17-9-5-15(6-10-17)19(20)16-7-11-18(12-8-16)22-14-4-2/h3-12,19-20H,1-2,13-14H2. The summed E-state index contributed by atoms with van der Waals surface area (Å²) in [5.74, 6) is 1.51. The predicted molar refractivity (Wildman–Crippen MR) is 88.3 cm³/mol. The van der Waals surface area contributed by atoms with Crippen LogP contribution in [-0.2, 0) is 0 Å². The van der Waals surface area contributed by atoms with Crippen LogP contribution < -0.4 is 9.47 Å². The Kier molecular flexibility index (Phi) is 5.81. The van der Waals surface area contributed by atoms with Crippen molar-refractivity contribution in [2.45, 2.75) is 6.10 Å². The Balaban J connectivity index is 2.05. The van der Waals surface area contributed by atoms with E-state index in [1.54, 1.807) is 12.2 Å². The Morgan fingerprint density at radius 3 is 1.45 bits per heavy atom. The summed E-state index contributed by atoms with van der Waals surface area (Å²) in [6.07, 6.45) is 2.71. The first-order valence-corrected chi connectivity index (χ1v) is 7.10. The Labute approximate surface area is 131 Å². The molecule has 0 aliphatic carbocycles. The Morgan fingerprint density at radius 2 is 1.14 bits per heavy atom. The van der Waals surface area contributed by atoms with Gasteiger partial charge in [0.05, 0.1) is 0 Å². The molecule has 2 aromatic rings.